The number of allylic oxidation sites excluding steroid dienone is 3. The maximum Gasteiger partial charge on any atom is 0.395 e. The van der Waals surface area contributed by atoms with Gasteiger partial charge in [-0.2, -0.15) is 13.2 Å². The molecule has 12 heavy (non-hydrogen) atoms. The average Bonchev–Trinajstić information content (AvgIpc) is 1.97. The fourth-order valence-electron chi connectivity index (χ4n) is 0.930. The summed E-state index contributed by atoms with van der Waals surface area (Å²) in [6.07, 6.45) is -0.906. The highest BCUT2D eigenvalue weighted by molar-refractivity contribution is 5.13. The Bertz CT molecular complexity index is 177. The van der Waals surface area contributed by atoms with E-state index in [0.717, 1.165) is 0 Å². The van der Waals surface area contributed by atoms with Crippen LogP contribution in [-0.2, 0) is 0 Å². The molecule has 1 atom stereocenters. The van der Waals surface area contributed by atoms with Gasteiger partial charge in [0.25, 0.3) is 0 Å². The van der Waals surface area contributed by atoms with Gasteiger partial charge in [-0.05, 0) is 13.3 Å². The minimum Gasteiger partial charge on any atom is -0.170 e. The zero-order valence-electron chi connectivity index (χ0n) is 7.28. The van der Waals surface area contributed by atoms with Crippen LogP contribution in [-0.4, -0.2) is 6.18 Å². The van der Waals surface area contributed by atoms with Gasteiger partial charge in [-0.1, -0.05) is 31.2 Å². The Morgan fingerprint density at radius 2 is 2.00 bits per heavy atom. The van der Waals surface area contributed by atoms with Crippen LogP contribution < -0.4 is 0 Å². The zero-order valence-corrected chi connectivity index (χ0v) is 7.28. The minimum atomic E-state index is -4.13. The van der Waals surface area contributed by atoms with E-state index in [1.165, 1.54) is 19.1 Å². The minimum absolute atomic E-state index is 0.373. The predicted molar refractivity (Wildman–Crippen MR) is 43.8 cm³/mol. The standard InChI is InChI=1S/C9H13F3/c1-4-6-8(5-2)7(3)9(10,11)12/h4,6-7H,1,5H2,2-3H3/b8-6+. The van der Waals surface area contributed by atoms with Crippen LogP contribution in [0.25, 0.3) is 0 Å². The smallest absolute Gasteiger partial charge is 0.170 e. The lowest BCUT2D eigenvalue weighted by molar-refractivity contribution is -0.159. The Labute approximate surface area is 70.8 Å². The first kappa shape index (κ1) is 11.3. The summed E-state index contributed by atoms with van der Waals surface area (Å²) in [4.78, 5) is 0. The summed E-state index contributed by atoms with van der Waals surface area (Å²) < 4.78 is 36.4. The van der Waals surface area contributed by atoms with E-state index in [-0.39, 0.29) is 0 Å². The quantitative estimate of drug-likeness (QED) is 0.578. The molecular formula is C9H13F3. The molecule has 0 aliphatic heterocycles. The summed E-state index contributed by atoms with van der Waals surface area (Å²) in [5.41, 5.74) is 0.373. The van der Waals surface area contributed by atoms with E-state index in [1.807, 2.05) is 0 Å². The molecule has 0 fully saturated rings. The van der Waals surface area contributed by atoms with Crippen molar-refractivity contribution in [3.63, 3.8) is 0 Å². The molecule has 1 unspecified atom stereocenters. The largest absolute Gasteiger partial charge is 0.395 e. The van der Waals surface area contributed by atoms with E-state index in [4.69, 9.17) is 0 Å². The van der Waals surface area contributed by atoms with Crippen molar-refractivity contribution in [2.24, 2.45) is 5.92 Å². The summed E-state index contributed by atoms with van der Waals surface area (Å²) in [7, 11) is 0. The number of rotatable bonds is 3. The Morgan fingerprint density at radius 1 is 1.50 bits per heavy atom. The van der Waals surface area contributed by atoms with Crippen molar-refractivity contribution < 1.29 is 13.2 Å². The van der Waals surface area contributed by atoms with E-state index in [9.17, 15) is 13.2 Å². The third-order valence-corrected chi connectivity index (χ3v) is 1.79. The number of alkyl halides is 3. The van der Waals surface area contributed by atoms with E-state index in [1.54, 1.807) is 6.92 Å². The topological polar surface area (TPSA) is 0 Å². The highest BCUT2D eigenvalue weighted by Gasteiger charge is 2.37. The van der Waals surface area contributed by atoms with Gasteiger partial charge in [-0.15, -0.1) is 0 Å². The van der Waals surface area contributed by atoms with E-state index >= 15 is 0 Å². The number of halogens is 3. The lowest BCUT2D eigenvalue weighted by Gasteiger charge is -2.17. The summed E-state index contributed by atoms with van der Waals surface area (Å²) in [6.45, 7) is 6.24. The Kier molecular flexibility index (Phi) is 4.07. The second-order valence-electron chi connectivity index (χ2n) is 2.59. The van der Waals surface area contributed by atoms with Gasteiger partial charge in [0.15, 0.2) is 0 Å². The Hall–Kier alpha value is -0.730. The van der Waals surface area contributed by atoms with Crippen LogP contribution in [0, 0.1) is 5.92 Å². The van der Waals surface area contributed by atoms with Crippen LogP contribution in [0.5, 0.6) is 0 Å². The van der Waals surface area contributed by atoms with Gasteiger partial charge in [0.05, 0.1) is 5.92 Å². The summed E-state index contributed by atoms with van der Waals surface area (Å²) >= 11 is 0. The van der Waals surface area contributed by atoms with Crippen molar-refractivity contribution in [2.75, 3.05) is 0 Å². The van der Waals surface area contributed by atoms with E-state index in [0.29, 0.717) is 12.0 Å². The summed E-state index contributed by atoms with van der Waals surface area (Å²) in [5, 5.41) is 0. The second kappa shape index (κ2) is 4.33. The van der Waals surface area contributed by atoms with Crippen molar-refractivity contribution in [3.05, 3.63) is 24.3 Å². The SMILES string of the molecule is C=C/C=C(\CC)C(C)C(F)(F)F. The fourth-order valence-corrected chi connectivity index (χ4v) is 0.930. The van der Waals surface area contributed by atoms with Crippen molar-refractivity contribution in [1.82, 2.24) is 0 Å². The molecule has 0 N–H and O–H groups in total. The van der Waals surface area contributed by atoms with Gasteiger partial charge in [0.2, 0.25) is 0 Å². The fraction of sp³-hybridized carbons (Fsp3) is 0.556. The first-order chi connectivity index (χ1) is 5.43. The maximum absolute atomic E-state index is 12.1. The molecule has 0 rings (SSSR count). The molecule has 0 heterocycles. The van der Waals surface area contributed by atoms with Crippen LogP contribution in [0.4, 0.5) is 13.2 Å². The zero-order chi connectivity index (χ0) is 9.78. The third kappa shape index (κ3) is 3.11. The molecule has 0 aromatic rings. The molecule has 0 aliphatic carbocycles. The molecule has 0 saturated carbocycles. The van der Waals surface area contributed by atoms with Gasteiger partial charge in [0.1, 0.15) is 0 Å². The Morgan fingerprint density at radius 3 is 2.25 bits per heavy atom. The van der Waals surface area contributed by atoms with Crippen LogP contribution in [0.2, 0.25) is 0 Å². The first-order valence-electron chi connectivity index (χ1n) is 3.81. The maximum atomic E-state index is 12.1. The number of hydrogen-bond acceptors (Lipinski definition) is 0. The van der Waals surface area contributed by atoms with Gasteiger partial charge in [-0.3, -0.25) is 0 Å². The van der Waals surface area contributed by atoms with Gasteiger partial charge in [-0.25, -0.2) is 0 Å². The van der Waals surface area contributed by atoms with Crippen LogP contribution in [0.15, 0.2) is 24.3 Å². The van der Waals surface area contributed by atoms with Gasteiger partial charge < -0.3 is 0 Å². The molecule has 3 heteroatoms. The normalized spacial score (nSPS) is 15.9. The van der Waals surface area contributed by atoms with E-state index in [2.05, 4.69) is 6.58 Å². The molecule has 0 saturated heterocycles. The molecule has 0 aromatic heterocycles. The van der Waals surface area contributed by atoms with Crippen molar-refractivity contribution in [2.45, 2.75) is 26.4 Å². The molecule has 0 nitrogen and oxygen atoms in total. The van der Waals surface area contributed by atoms with Crippen molar-refractivity contribution in [3.8, 4) is 0 Å². The van der Waals surface area contributed by atoms with Crippen LogP contribution >= 0.6 is 0 Å². The summed E-state index contributed by atoms with van der Waals surface area (Å²) in [6, 6.07) is 0. The van der Waals surface area contributed by atoms with Gasteiger partial charge >= 0.3 is 6.18 Å². The summed E-state index contributed by atoms with van der Waals surface area (Å²) in [5.74, 6) is -1.36. The number of hydrogen-bond donors (Lipinski definition) is 0. The lowest BCUT2D eigenvalue weighted by atomic mass is 9.98. The first-order valence-corrected chi connectivity index (χ1v) is 3.81. The molecule has 0 bridgehead atoms. The Balaban J connectivity index is 4.53. The molecule has 0 aliphatic rings. The molecule has 0 aromatic carbocycles. The molecule has 0 spiro atoms. The van der Waals surface area contributed by atoms with Crippen LogP contribution in [0.1, 0.15) is 20.3 Å². The van der Waals surface area contributed by atoms with Crippen LogP contribution in [0.3, 0.4) is 0 Å². The van der Waals surface area contributed by atoms with Gasteiger partial charge in [0, 0.05) is 0 Å². The molecule has 0 amide bonds. The highest BCUT2D eigenvalue weighted by Crippen LogP contribution is 2.32. The third-order valence-electron chi connectivity index (χ3n) is 1.79. The molecule has 0 radical (unpaired) electrons. The van der Waals surface area contributed by atoms with Crippen molar-refractivity contribution >= 4 is 0 Å². The highest BCUT2D eigenvalue weighted by atomic mass is 19.4. The second-order valence-corrected chi connectivity index (χ2v) is 2.59. The molecule has 70 valence electrons. The monoisotopic (exact) mass is 178 g/mol. The predicted octanol–water partition coefficient (Wildman–Crippen LogP) is 3.71. The van der Waals surface area contributed by atoms with Crippen molar-refractivity contribution in [1.29, 1.82) is 0 Å². The average molecular weight is 178 g/mol. The van der Waals surface area contributed by atoms with E-state index < -0.39 is 12.1 Å². The molecular weight excluding hydrogens is 165 g/mol. The lowest BCUT2D eigenvalue weighted by Crippen LogP contribution is -2.21.